The molecule has 3 N–H and O–H groups in total. The summed E-state index contributed by atoms with van der Waals surface area (Å²) in [7, 11) is 0. The first-order valence-corrected chi connectivity index (χ1v) is 8.43. The monoisotopic (exact) mass is 297 g/mol. The SMILES string of the molecule is CCOCCCN=C(NN)N1CCN(C2CCCC2)CC1. The summed E-state index contributed by atoms with van der Waals surface area (Å²) in [6.07, 6.45) is 6.52. The molecule has 2 rings (SSSR count). The molecule has 2 aliphatic rings. The van der Waals surface area contributed by atoms with Gasteiger partial charge in [0.25, 0.3) is 0 Å². The van der Waals surface area contributed by atoms with Crippen LogP contribution in [0.15, 0.2) is 4.99 Å². The fourth-order valence-electron chi connectivity index (χ4n) is 3.30. The average Bonchev–Trinajstić information content (AvgIpc) is 3.06. The molecule has 0 bridgehead atoms. The molecule has 0 spiro atoms. The maximum absolute atomic E-state index is 5.63. The van der Waals surface area contributed by atoms with Crippen LogP contribution in [0.4, 0.5) is 0 Å². The van der Waals surface area contributed by atoms with Crippen molar-refractivity contribution in [1.82, 2.24) is 15.2 Å². The average molecular weight is 297 g/mol. The highest BCUT2D eigenvalue weighted by Gasteiger charge is 2.26. The highest BCUT2D eigenvalue weighted by Crippen LogP contribution is 2.24. The van der Waals surface area contributed by atoms with E-state index >= 15 is 0 Å². The van der Waals surface area contributed by atoms with Crippen molar-refractivity contribution in [2.75, 3.05) is 45.9 Å². The minimum absolute atomic E-state index is 0.766. The molecule has 0 atom stereocenters. The number of piperazine rings is 1. The second-order valence-electron chi connectivity index (χ2n) is 5.86. The van der Waals surface area contributed by atoms with Crippen LogP contribution >= 0.6 is 0 Å². The Morgan fingerprint density at radius 3 is 2.57 bits per heavy atom. The number of ether oxygens (including phenoxy) is 1. The number of hydrazine groups is 1. The van der Waals surface area contributed by atoms with Gasteiger partial charge in [0.1, 0.15) is 0 Å². The first kappa shape index (κ1) is 16.5. The van der Waals surface area contributed by atoms with Crippen LogP contribution in [-0.4, -0.2) is 67.7 Å². The van der Waals surface area contributed by atoms with E-state index in [4.69, 9.17) is 10.6 Å². The number of hydrogen-bond donors (Lipinski definition) is 2. The van der Waals surface area contributed by atoms with Crippen LogP contribution in [-0.2, 0) is 4.74 Å². The maximum atomic E-state index is 5.63. The van der Waals surface area contributed by atoms with Crippen molar-refractivity contribution in [3.05, 3.63) is 0 Å². The van der Waals surface area contributed by atoms with E-state index in [-0.39, 0.29) is 0 Å². The minimum Gasteiger partial charge on any atom is -0.382 e. The van der Waals surface area contributed by atoms with Crippen molar-refractivity contribution in [3.63, 3.8) is 0 Å². The molecule has 1 aliphatic carbocycles. The molecule has 0 amide bonds. The third-order valence-electron chi connectivity index (χ3n) is 4.50. The molecule has 1 saturated carbocycles. The third kappa shape index (κ3) is 5.13. The lowest BCUT2D eigenvalue weighted by atomic mass is 10.2. The Labute approximate surface area is 128 Å². The first-order chi connectivity index (χ1) is 10.3. The Morgan fingerprint density at radius 2 is 1.95 bits per heavy atom. The van der Waals surface area contributed by atoms with Crippen molar-refractivity contribution in [1.29, 1.82) is 0 Å². The summed E-state index contributed by atoms with van der Waals surface area (Å²) in [5.74, 6) is 6.47. The molecular formula is C15H31N5O. The quantitative estimate of drug-likeness (QED) is 0.249. The van der Waals surface area contributed by atoms with E-state index in [0.717, 1.165) is 64.4 Å². The lowest BCUT2D eigenvalue weighted by Crippen LogP contribution is -2.55. The van der Waals surface area contributed by atoms with Crippen molar-refractivity contribution in [2.45, 2.75) is 45.1 Å². The molecule has 6 nitrogen and oxygen atoms in total. The summed E-state index contributed by atoms with van der Waals surface area (Å²) >= 11 is 0. The lowest BCUT2D eigenvalue weighted by Gasteiger charge is -2.39. The van der Waals surface area contributed by atoms with Crippen LogP contribution in [0.5, 0.6) is 0 Å². The molecule has 1 aliphatic heterocycles. The Bertz CT molecular complexity index is 309. The largest absolute Gasteiger partial charge is 0.382 e. The Morgan fingerprint density at radius 1 is 1.24 bits per heavy atom. The van der Waals surface area contributed by atoms with Crippen molar-refractivity contribution in [2.24, 2.45) is 10.8 Å². The van der Waals surface area contributed by atoms with Gasteiger partial charge in [-0.2, -0.15) is 0 Å². The number of rotatable bonds is 6. The van der Waals surface area contributed by atoms with Gasteiger partial charge >= 0.3 is 0 Å². The van der Waals surface area contributed by atoms with E-state index in [1.807, 2.05) is 6.92 Å². The van der Waals surface area contributed by atoms with E-state index in [1.165, 1.54) is 25.7 Å². The zero-order valence-electron chi connectivity index (χ0n) is 13.4. The molecule has 0 unspecified atom stereocenters. The Balaban J connectivity index is 1.71. The predicted octanol–water partition coefficient (Wildman–Crippen LogP) is 0.793. The molecule has 21 heavy (non-hydrogen) atoms. The number of guanidine groups is 1. The zero-order chi connectivity index (χ0) is 14.9. The summed E-state index contributed by atoms with van der Waals surface area (Å²) < 4.78 is 5.32. The highest BCUT2D eigenvalue weighted by molar-refractivity contribution is 5.79. The number of hydrogen-bond acceptors (Lipinski definition) is 4. The van der Waals surface area contributed by atoms with Crippen LogP contribution < -0.4 is 11.3 Å². The van der Waals surface area contributed by atoms with E-state index in [1.54, 1.807) is 0 Å². The number of nitrogens with zero attached hydrogens (tertiary/aromatic N) is 3. The van der Waals surface area contributed by atoms with Crippen molar-refractivity contribution >= 4 is 5.96 Å². The number of nitrogens with one attached hydrogen (secondary N) is 1. The standard InChI is InChI=1S/C15H31N5O/c1-2-21-13-5-8-17-15(18-16)20-11-9-19(10-12-20)14-6-3-4-7-14/h14H,2-13,16H2,1H3,(H,17,18). The molecule has 6 heteroatoms. The summed E-state index contributed by atoms with van der Waals surface area (Å²) in [6.45, 7) is 8.62. The molecule has 2 fully saturated rings. The third-order valence-corrected chi connectivity index (χ3v) is 4.50. The molecule has 0 radical (unpaired) electrons. The van der Waals surface area contributed by atoms with E-state index < -0.39 is 0 Å². The summed E-state index contributed by atoms with van der Waals surface area (Å²) in [5, 5.41) is 0. The normalized spacial score (nSPS) is 22.0. The zero-order valence-corrected chi connectivity index (χ0v) is 13.4. The van der Waals surface area contributed by atoms with E-state index in [0.29, 0.717) is 0 Å². The lowest BCUT2D eigenvalue weighted by molar-refractivity contribution is 0.131. The van der Waals surface area contributed by atoms with Gasteiger partial charge in [-0.25, -0.2) is 5.84 Å². The molecule has 0 aromatic carbocycles. The molecule has 0 aromatic heterocycles. The van der Waals surface area contributed by atoms with E-state index in [2.05, 4.69) is 20.2 Å². The number of nitrogens with two attached hydrogens (primary N) is 1. The molecule has 122 valence electrons. The van der Waals surface area contributed by atoms with Gasteiger partial charge in [-0.05, 0) is 26.2 Å². The Kier molecular flexibility index (Phi) is 7.26. The molecular weight excluding hydrogens is 266 g/mol. The topological polar surface area (TPSA) is 66.1 Å². The minimum atomic E-state index is 0.766. The summed E-state index contributed by atoms with van der Waals surface area (Å²) in [4.78, 5) is 9.48. The first-order valence-electron chi connectivity index (χ1n) is 8.43. The maximum Gasteiger partial charge on any atom is 0.208 e. The van der Waals surface area contributed by atoms with Crippen molar-refractivity contribution in [3.8, 4) is 0 Å². The van der Waals surface area contributed by atoms with Gasteiger partial charge in [0.2, 0.25) is 5.96 Å². The smallest absolute Gasteiger partial charge is 0.208 e. The second-order valence-corrected chi connectivity index (χ2v) is 5.86. The van der Waals surface area contributed by atoms with Gasteiger partial charge in [0, 0.05) is 52.0 Å². The van der Waals surface area contributed by atoms with Crippen LogP contribution in [0.25, 0.3) is 0 Å². The molecule has 1 saturated heterocycles. The second kappa shape index (κ2) is 9.23. The van der Waals surface area contributed by atoms with Gasteiger partial charge in [-0.3, -0.25) is 15.3 Å². The van der Waals surface area contributed by atoms with Gasteiger partial charge in [-0.1, -0.05) is 12.8 Å². The van der Waals surface area contributed by atoms with Crippen LogP contribution in [0.3, 0.4) is 0 Å². The fourth-order valence-corrected chi connectivity index (χ4v) is 3.30. The van der Waals surface area contributed by atoms with Crippen LogP contribution in [0.2, 0.25) is 0 Å². The van der Waals surface area contributed by atoms with Crippen LogP contribution in [0, 0.1) is 0 Å². The van der Waals surface area contributed by atoms with Gasteiger partial charge in [-0.15, -0.1) is 0 Å². The summed E-state index contributed by atoms with van der Waals surface area (Å²) in [5.41, 5.74) is 2.76. The molecule has 0 aromatic rings. The molecule has 1 heterocycles. The van der Waals surface area contributed by atoms with Gasteiger partial charge in [0.05, 0.1) is 0 Å². The fraction of sp³-hybridized carbons (Fsp3) is 0.933. The summed E-state index contributed by atoms with van der Waals surface area (Å²) in [6, 6.07) is 0.824. The predicted molar refractivity (Wildman–Crippen MR) is 86.1 cm³/mol. The Hall–Kier alpha value is -0.850. The van der Waals surface area contributed by atoms with Gasteiger partial charge < -0.3 is 9.64 Å². The van der Waals surface area contributed by atoms with Gasteiger partial charge in [0.15, 0.2) is 0 Å². The van der Waals surface area contributed by atoms with Crippen molar-refractivity contribution < 1.29 is 4.74 Å². The highest BCUT2D eigenvalue weighted by atomic mass is 16.5. The van der Waals surface area contributed by atoms with E-state index in [9.17, 15) is 0 Å². The number of aliphatic imine (C=N–C) groups is 1. The van der Waals surface area contributed by atoms with Crippen LogP contribution in [0.1, 0.15) is 39.0 Å².